The number of hydrogen-bond donors (Lipinski definition) is 1. The summed E-state index contributed by atoms with van der Waals surface area (Å²) in [6, 6.07) is 1.61. The minimum atomic E-state index is -0.467. The van der Waals surface area contributed by atoms with Gasteiger partial charge in [-0.15, -0.1) is 5.10 Å². The van der Waals surface area contributed by atoms with Gasteiger partial charge in [0.1, 0.15) is 17.3 Å². The van der Waals surface area contributed by atoms with Crippen LogP contribution in [0.15, 0.2) is 24.8 Å². The summed E-state index contributed by atoms with van der Waals surface area (Å²) in [6.07, 6.45) is 7.59. The normalized spacial score (nSPS) is 21.0. The van der Waals surface area contributed by atoms with Crippen LogP contribution in [0.25, 0.3) is 5.52 Å². The second-order valence-electron chi connectivity index (χ2n) is 8.83. The van der Waals surface area contributed by atoms with Crippen molar-refractivity contribution in [3.63, 3.8) is 0 Å². The molecule has 1 saturated heterocycles. The van der Waals surface area contributed by atoms with Gasteiger partial charge in [0.15, 0.2) is 0 Å². The van der Waals surface area contributed by atoms with Gasteiger partial charge in [0.2, 0.25) is 0 Å². The molecule has 2 aromatic rings. The zero-order chi connectivity index (χ0) is 19.9. The minimum absolute atomic E-state index is 0.190. The van der Waals surface area contributed by atoms with E-state index in [9.17, 15) is 9.59 Å². The van der Waals surface area contributed by atoms with E-state index in [1.54, 1.807) is 23.4 Å². The number of fused-ring (bicyclic) bond motifs is 1. The number of hydrogen-bond acceptors (Lipinski definition) is 5. The van der Waals surface area contributed by atoms with Crippen molar-refractivity contribution in [3.05, 3.63) is 24.8 Å². The number of aromatic nitrogens is 4. The zero-order valence-electron chi connectivity index (χ0n) is 16.6. The molecule has 0 aromatic carbocycles. The van der Waals surface area contributed by atoms with Crippen LogP contribution in [0.5, 0.6) is 0 Å². The predicted octanol–water partition coefficient (Wildman–Crippen LogP) is 1.61. The maximum absolute atomic E-state index is 12.4. The Labute approximate surface area is 163 Å². The summed E-state index contributed by atoms with van der Waals surface area (Å²) in [4.78, 5) is 26.4. The van der Waals surface area contributed by atoms with Crippen LogP contribution in [-0.4, -0.2) is 57.1 Å². The molecule has 1 aliphatic carbocycles. The monoisotopic (exact) mass is 387 g/mol. The van der Waals surface area contributed by atoms with Gasteiger partial charge in [-0.1, -0.05) is 4.63 Å². The van der Waals surface area contributed by atoms with Gasteiger partial charge in [-0.3, -0.25) is 5.32 Å². The molecular weight excluding hydrogens is 360 g/mol. The highest BCUT2D eigenvalue weighted by atomic mass is 16.6. The molecule has 0 radical (unpaired) electrons. The molecule has 1 unspecified atom stereocenters. The van der Waals surface area contributed by atoms with Crippen LogP contribution in [0.1, 0.15) is 40.0 Å². The largest absolute Gasteiger partial charge is 0.444 e. The van der Waals surface area contributed by atoms with Crippen molar-refractivity contribution < 1.29 is 18.9 Å². The van der Waals surface area contributed by atoms with Gasteiger partial charge in [-0.25, -0.2) is 9.59 Å². The Morgan fingerprint density at radius 1 is 1.32 bits per heavy atom. The summed E-state index contributed by atoms with van der Waals surface area (Å²) in [5, 5.41) is 11.1. The lowest BCUT2D eigenvalue weighted by molar-refractivity contribution is -0.575. The molecule has 9 nitrogen and oxygen atoms in total. The molecule has 28 heavy (non-hydrogen) atoms. The van der Waals surface area contributed by atoms with Gasteiger partial charge in [0.25, 0.3) is 6.33 Å². The molecule has 2 amide bonds. The summed E-state index contributed by atoms with van der Waals surface area (Å²) in [5.74, 6) is 0.462. The summed E-state index contributed by atoms with van der Waals surface area (Å²) < 4.78 is 8.37. The van der Waals surface area contributed by atoms with E-state index in [4.69, 9.17) is 4.74 Å². The second-order valence-corrected chi connectivity index (χ2v) is 8.83. The lowest BCUT2D eigenvalue weighted by Gasteiger charge is -2.34. The molecule has 1 saturated carbocycles. The number of amides is 2. The van der Waals surface area contributed by atoms with Crippen LogP contribution in [0.4, 0.5) is 9.59 Å². The molecule has 150 valence electrons. The third-order valence-corrected chi connectivity index (χ3v) is 5.71. The zero-order valence-corrected chi connectivity index (χ0v) is 16.6. The van der Waals surface area contributed by atoms with Crippen molar-refractivity contribution in [1.29, 1.82) is 0 Å². The Balaban J connectivity index is 1.26. The predicted molar refractivity (Wildman–Crippen MR) is 99.6 cm³/mol. The van der Waals surface area contributed by atoms with E-state index >= 15 is 0 Å². The lowest BCUT2D eigenvalue weighted by atomic mass is 9.91. The average molecular weight is 387 g/mol. The second kappa shape index (κ2) is 6.72. The minimum Gasteiger partial charge on any atom is -0.444 e. The van der Waals surface area contributed by atoms with Crippen molar-refractivity contribution in [3.8, 4) is 0 Å². The molecule has 2 aliphatic rings. The first kappa shape index (κ1) is 18.6. The van der Waals surface area contributed by atoms with Crippen LogP contribution < -0.4 is 9.88 Å². The SMILES string of the molecule is CC(C)(C)OC(=O)N1CCC2(CC1)CC2CNC(=O)[n+]1cnn2nccc2c1. The van der Waals surface area contributed by atoms with Crippen LogP contribution in [0.2, 0.25) is 0 Å². The maximum atomic E-state index is 12.4. The van der Waals surface area contributed by atoms with Crippen molar-refractivity contribution in [2.75, 3.05) is 19.6 Å². The maximum Gasteiger partial charge on any atom is 0.440 e. The Hall–Kier alpha value is -2.71. The number of ether oxygens (including phenoxy) is 1. The van der Waals surface area contributed by atoms with Crippen molar-refractivity contribution in [2.24, 2.45) is 11.3 Å². The highest BCUT2D eigenvalue weighted by molar-refractivity contribution is 5.68. The Kier molecular flexibility index (Phi) is 4.47. The molecule has 2 fully saturated rings. The molecule has 4 rings (SSSR count). The van der Waals surface area contributed by atoms with E-state index in [1.165, 1.54) is 15.5 Å². The van der Waals surface area contributed by atoms with Crippen LogP contribution in [0.3, 0.4) is 0 Å². The van der Waals surface area contributed by atoms with E-state index in [1.807, 2.05) is 20.8 Å². The van der Waals surface area contributed by atoms with E-state index in [2.05, 4.69) is 15.5 Å². The van der Waals surface area contributed by atoms with Gasteiger partial charge >= 0.3 is 12.1 Å². The first-order chi connectivity index (χ1) is 13.3. The number of carbonyl (C=O) groups excluding carboxylic acids is 2. The quantitative estimate of drug-likeness (QED) is 0.791. The van der Waals surface area contributed by atoms with Crippen LogP contribution in [0, 0.1) is 11.3 Å². The topological polar surface area (TPSA) is 92.7 Å². The molecule has 1 aliphatic heterocycles. The first-order valence-corrected chi connectivity index (χ1v) is 9.73. The van der Waals surface area contributed by atoms with Crippen molar-refractivity contribution in [2.45, 2.75) is 45.6 Å². The standard InChI is InChI=1S/C19H26N6O3/c1-18(2,3)28-17(27)23-8-5-19(6-9-23)10-14(19)11-20-16(26)24-12-15-4-7-21-25(15)22-13-24/h4,7,12-14H,5-6,8-11H2,1-3H3/p+1. The molecular formula is C19H27N6O3+. The highest BCUT2D eigenvalue weighted by Gasteiger charge is 2.55. The molecule has 3 heterocycles. The van der Waals surface area contributed by atoms with E-state index in [0.29, 0.717) is 12.5 Å². The summed E-state index contributed by atoms with van der Waals surface area (Å²) in [5.41, 5.74) is 0.546. The first-order valence-electron chi connectivity index (χ1n) is 9.73. The molecule has 9 heteroatoms. The van der Waals surface area contributed by atoms with Gasteiger partial charge in [-0.05, 0) is 57.4 Å². The smallest absolute Gasteiger partial charge is 0.440 e. The number of carbonyl (C=O) groups is 2. The number of likely N-dealkylation sites (tertiary alicyclic amines) is 1. The average Bonchev–Trinajstić information content (AvgIpc) is 3.09. The molecule has 2 aromatic heterocycles. The van der Waals surface area contributed by atoms with E-state index in [-0.39, 0.29) is 17.5 Å². The highest BCUT2D eigenvalue weighted by Crippen LogP contribution is 2.59. The van der Waals surface area contributed by atoms with Gasteiger partial charge in [-0.2, -0.15) is 4.57 Å². The van der Waals surface area contributed by atoms with E-state index < -0.39 is 5.60 Å². The fourth-order valence-corrected chi connectivity index (χ4v) is 3.98. The van der Waals surface area contributed by atoms with Gasteiger partial charge in [0.05, 0.1) is 12.7 Å². The number of nitrogens with zero attached hydrogens (tertiary/aromatic N) is 5. The fraction of sp³-hybridized carbons (Fsp3) is 0.632. The summed E-state index contributed by atoms with van der Waals surface area (Å²) in [7, 11) is 0. The van der Waals surface area contributed by atoms with Crippen LogP contribution in [-0.2, 0) is 4.74 Å². The number of rotatable bonds is 2. The third-order valence-electron chi connectivity index (χ3n) is 5.71. The number of nitrogens with one attached hydrogen (secondary N) is 1. The summed E-state index contributed by atoms with van der Waals surface area (Å²) >= 11 is 0. The fourth-order valence-electron chi connectivity index (χ4n) is 3.98. The Morgan fingerprint density at radius 3 is 2.79 bits per heavy atom. The Morgan fingerprint density at radius 2 is 2.07 bits per heavy atom. The van der Waals surface area contributed by atoms with E-state index in [0.717, 1.165) is 37.9 Å². The molecule has 0 bridgehead atoms. The lowest BCUT2D eigenvalue weighted by Crippen LogP contribution is -2.51. The molecule has 1 N–H and O–H groups in total. The van der Waals surface area contributed by atoms with Crippen molar-refractivity contribution >= 4 is 17.6 Å². The van der Waals surface area contributed by atoms with Gasteiger partial charge in [0, 0.05) is 18.2 Å². The molecule has 1 spiro atoms. The summed E-state index contributed by atoms with van der Waals surface area (Å²) in [6.45, 7) is 7.73. The van der Waals surface area contributed by atoms with Crippen LogP contribution >= 0.6 is 0 Å². The molecule has 1 atom stereocenters. The number of piperidine rings is 1. The van der Waals surface area contributed by atoms with Crippen molar-refractivity contribution in [1.82, 2.24) is 25.0 Å². The Bertz CT molecular complexity index is 894. The van der Waals surface area contributed by atoms with Gasteiger partial charge < -0.3 is 9.64 Å². The third kappa shape index (κ3) is 3.79.